The van der Waals surface area contributed by atoms with Crippen LogP contribution in [0.15, 0.2) is 36.0 Å². The SMILES string of the molecule is O=C(Cc1csc(-c2ncn[nH]2)n1)ON1C(=O)c2ccccc2C1=O. The molecule has 0 radical (unpaired) electrons. The summed E-state index contributed by atoms with van der Waals surface area (Å²) < 4.78 is 0. The number of aromatic amines is 1. The predicted molar refractivity (Wildman–Crippen MR) is 84.2 cm³/mol. The molecule has 2 aromatic heterocycles. The summed E-state index contributed by atoms with van der Waals surface area (Å²) in [6, 6.07) is 6.28. The molecule has 4 rings (SSSR count). The second-order valence-electron chi connectivity index (χ2n) is 5.07. The van der Waals surface area contributed by atoms with Crippen molar-refractivity contribution in [3.8, 4) is 10.8 Å². The number of hydroxylamine groups is 2. The molecule has 0 fully saturated rings. The van der Waals surface area contributed by atoms with E-state index in [1.54, 1.807) is 17.5 Å². The Kier molecular flexibility index (Phi) is 3.58. The molecule has 0 saturated carbocycles. The van der Waals surface area contributed by atoms with E-state index in [1.807, 2.05) is 0 Å². The van der Waals surface area contributed by atoms with E-state index in [0.29, 0.717) is 21.6 Å². The van der Waals surface area contributed by atoms with Crippen molar-refractivity contribution in [2.45, 2.75) is 6.42 Å². The van der Waals surface area contributed by atoms with Crippen molar-refractivity contribution in [3.63, 3.8) is 0 Å². The van der Waals surface area contributed by atoms with Gasteiger partial charge in [-0.3, -0.25) is 14.7 Å². The smallest absolute Gasteiger partial charge is 0.329 e. The van der Waals surface area contributed by atoms with E-state index in [2.05, 4.69) is 20.2 Å². The van der Waals surface area contributed by atoms with Crippen molar-refractivity contribution in [3.05, 3.63) is 52.8 Å². The highest BCUT2D eigenvalue weighted by Crippen LogP contribution is 2.23. The van der Waals surface area contributed by atoms with Gasteiger partial charge in [-0.1, -0.05) is 17.2 Å². The molecule has 1 aliphatic rings. The zero-order valence-electron chi connectivity index (χ0n) is 12.5. The van der Waals surface area contributed by atoms with Crippen molar-refractivity contribution in [1.29, 1.82) is 0 Å². The molecule has 1 N–H and O–H groups in total. The zero-order chi connectivity index (χ0) is 17.4. The number of benzene rings is 1. The van der Waals surface area contributed by atoms with Gasteiger partial charge in [0.25, 0.3) is 11.8 Å². The number of thiazole rings is 1. The largest absolute Gasteiger partial charge is 0.339 e. The van der Waals surface area contributed by atoms with E-state index >= 15 is 0 Å². The highest BCUT2D eigenvalue weighted by Gasteiger charge is 2.38. The van der Waals surface area contributed by atoms with Gasteiger partial charge in [0.15, 0.2) is 10.8 Å². The molecular weight excluding hydrogens is 346 g/mol. The van der Waals surface area contributed by atoms with Crippen molar-refractivity contribution in [2.75, 3.05) is 0 Å². The normalized spacial score (nSPS) is 13.2. The summed E-state index contributed by atoms with van der Waals surface area (Å²) >= 11 is 1.28. The van der Waals surface area contributed by atoms with Gasteiger partial charge in [-0.05, 0) is 12.1 Å². The third kappa shape index (κ3) is 2.68. The summed E-state index contributed by atoms with van der Waals surface area (Å²) in [5.74, 6) is -1.59. The maximum absolute atomic E-state index is 12.1. The van der Waals surface area contributed by atoms with Gasteiger partial charge in [0.2, 0.25) is 0 Å². The molecule has 25 heavy (non-hydrogen) atoms. The highest BCUT2D eigenvalue weighted by molar-refractivity contribution is 7.13. The lowest BCUT2D eigenvalue weighted by atomic mass is 10.1. The molecule has 0 bridgehead atoms. The van der Waals surface area contributed by atoms with Gasteiger partial charge in [0, 0.05) is 5.38 Å². The number of rotatable bonds is 4. The van der Waals surface area contributed by atoms with Gasteiger partial charge in [-0.15, -0.1) is 11.3 Å². The first-order chi connectivity index (χ1) is 12.1. The van der Waals surface area contributed by atoms with Gasteiger partial charge in [0.05, 0.1) is 23.2 Å². The van der Waals surface area contributed by atoms with Gasteiger partial charge < -0.3 is 4.84 Å². The molecule has 0 saturated heterocycles. The number of nitrogens with one attached hydrogen (secondary N) is 1. The number of imide groups is 1. The second kappa shape index (κ2) is 5.91. The number of hydrogen-bond donors (Lipinski definition) is 1. The number of carbonyl (C=O) groups is 3. The summed E-state index contributed by atoms with van der Waals surface area (Å²) in [7, 11) is 0. The topological polar surface area (TPSA) is 118 Å². The fourth-order valence-corrected chi connectivity index (χ4v) is 3.10. The van der Waals surface area contributed by atoms with E-state index in [1.165, 1.54) is 29.8 Å². The number of H-pyrrole nitrogens is 1. The third-order valence-electron chi connectivity index (χ3n) is 3.44. The Morgan fingerprint density at radius 2 is 1.92 bits per heavy atom. The maximum atomic E-state index is 12.1. The van der Waals surface area contributed by atoms with Crippen LogP contribution in [-0.2, 0) is 16.1 Å². The molecule has 3 heterocycles. The Hall–Kier alpha value is -3.40. The quantitative estimate of drug-likeness (QED) is 0.699. The highest BCUT2D eigenvalue weighted by atomic mass is 32.1. The Labute approximate surface area is 144 Å². The van der Waals surface area contributed by atoms with Gasteiger partial charge in [-0.25, -0.2) is 14.8 Å². The first-order valence-corrected chi connectivity index (χ1v) is 8.00. The summed E-state index contributed by atoms with van der Waals surface area (Å²) in [5.41, 5.74) is 0.862. The molecule has 2 amide bonds. The van der Waals surface area contributed by atoms with Gasteiger partial charge in [-0.2, -0.15) is 5.10 Å². The van der Waals surface area contributed by atoms with Crippen LogP contribution in [0.1, 0.15) is 26.4 Å². The van der Waals surface area contributed by atoms with Crippen LogP contribution in [0.25, 0.3) is 10.8 Å². The fraction of sp³-hybridized carbons (Fsp3) is 0.0667. The molecule has 10 heteroatoms. The van der Waals surface area contributed by atoms with Crippen LogP contribution in [0.3, 0.4) is 0 Å². The molecule has 3 aromatic rings. The first kappa shape index (κ1) is 15.1. The Bertz CT molecular complexity index is 946. The number of hydrogen-bond acceptors (Lipinski definition) is 8. The minimum atomic E-state index is -0.760. The van der Waals surface area contributed by atoms with Gasteiger partial charge in [0.1, 0.15) is 6.33 Å². The zero-order valence-corrected chi connectivity index (χ0v) is 13.3. The lowest BCUT2D eigenvalue weighted by Gasteiger charge is -2.11. The number of nitrogens with zero attached hydrogens (tertiary/aromatic N) is 4. The van der Waals surface area contributed by atoms with Crippen LogP contribution in [0.5, 0.6) is 0 Å². The van der Waals surface area contributed by atoms with Crippen LogP contribution < -0.4 is 0 Å². The molecular formula is C15H9N5O4S. The molecule has 1 aromatic carbocycles. The molecule has 1 aliphatic heterocycles. The number of fused-ring (bicyclic) bond motifs is 1. The minimum Gasteiger partial charge on any atom is -0.329 e. The summed E-state index contributed by atoms with van der Waals surface area (Å²) in [6.07, 6.45) is 1.17. The molecule has 0 unspecified atom stereocenters. The number of aromatic nitrogens is 4. The second-order valence-corrected chi connectivity index (χ2v) is 5.93. The van der Waals surface area contributed by atoms with Crippen molar-refractivity contribution < 1.29 is 19.2 Å². The predicted octanol–water partition coefficient (Wildman–Crippen LogP) is 1.23. The van der Waals surface area contributed by atoms with Crippen LogP contribution in [0.2, 0.25) is 0 Å². The van der Waals surface area contributed by atoms with Crippen LogP contribution in [0.4, 0.5) is 0 Å². The monoisotopic (exact) mass is 355 g/mol. The average Bonchev–Trinajstić information content (AvgIpc) is 3.33. The lowest BCUT2D eigenvalue weighted by molar-refractivity contribution is -0.167. The van der Waals surface area contributed by atoms with Crippen molar-refractivity contribution >= 4 is 29.1 Å². The van der Waals surface area contributed by atoms with Gasteiger partial charge >= 0.3 is 5.97 Å². The third-order valence-corrected chi connectivity index (χ3v) is 4.34. The fourth-order valence-electron chi connectivity index (χ4n) is 2.34. The Morgan fingerprint density at radius 1 is 1.20 bits per heavy atom. The average molecular weight is 355 g/mol. The summed E-state index contributed by atoms with van der Waals surface area (Å²) in [4.78, 5) is 49.5. The van der Waals surface area contributed by atoms with Crippen molar-refractivity contribution in [1.82, 2.24) is 25.2 Å². The van der Waals surface area contributed by atoms with Crippen LogP contribution in [0, 0.1) is 0 Å². The van der Waals surface area contributed by atoms with E-state index in [9.17, 15) is 14.4 Å². The molecule has 124 valence electrons. The maximum Gasteiger partial charge on any atom is 0.339 e. The van der Waals surface area contributed by atoms with E-state index < -0.39 is 17.8 Å². The molecule has 0 atom stereocenters. The van der Waals surface area contributed by atoms with E-state index in [4.69, 9.17) is 4.84 Å². The standard InChI is InChI=1S/C15H9N5O4S/c21-11(5-8-6-25-13(18-8)12-16-7-17-19-12)24-20-14(22)9-3-1-2-4-10(9)15(20)23/h1-4,6-7H,5H2,(H,16,17,19). The summed E-state index contributed by atoms with van der Waals surface area (Å²) in [6.45, 7) is 0. The molecule has 0 aliphatic carbocycles. The number of carbonyl (C=O) groups excluding carboxylic acids is 3. The number of amides is 2. The molecule has 9 nitrogen and oxygen atoms in total. The van der Waals surface area contributed by atoms with Crippen LogP contribution >= 0.6 is 11.3 Å². The Morgan fingerprint density at radius 3 is 2.56 bits per heavy atom. The molecule has 0 spiro atoms. The minimum absolute atomic E-state index is 0.182. The van der Waals surface area contributed by atoms with E-state index in [-0.39, 0.29) is 17.5 Å². The Balaban J connectivity index is 1.45. The lowest BCUT2D eigenvalue weighted by Crippen LogP contribution is -2.33. The van der Waals surface area contributed by atoms with Crippen molar-refractivity contribution in [2.24, 2.45) is 0 Å². The summed E-state index contributed by atoms with van der Waals surface area (Å²) in [5, 5.41) is 9.13. The van der Waals surface area contributed by atoms with E-state index in [0.717, 1.165) is 0 Å². The first-order valence-electron chi connectivity index (χ1n) is 7.12. The van der Waals surface area contributed by atoms with Crippen LogP contribution in [-0.4, -0.2) is 43.0 Å².